The second-order valence-electron chi connectivity index (χ2n) is 23.1. The first-order valence-corrected chi connectivity index (χ1v) is 28.7. The number of hydrogen-bond donors (Lipinski definition) is 1. The number of benzene rings is 3. The van der Waals surface area contributed by atoms with Crippen LogP contribution in [0, 0.1) is 11.2 Å². The van der Waals surface area contributed by atoms with Gasteiger partial charge in [0, 0.05) is 52.9 Å². The predicted molar refractivity (Wildman–Crippen MR) is 312 cm³/mol. The summed E-state index contributed by atoms with van der Waals surface area (Å²) in [6.45, 7) is 14.6. The number of ketones is 1. The molecular weight excluding hydrogens is 1100 g/mol. The fourth-order valence-electron chi connectivity index (χ4n) is 9.96. The Kier molecular flexibility index (Phi) is 24.6. The Hall–Kier alpha value is -7.88. The summed E-state index contributed by atoms with van der Waals surface area (Å²) < 4.78 is 50.0. The van der Waals surface area contributed by atoms with E-state index in [-0.39, 0.29) is 49.6 Å². The highest BCUT2D eigenvalue weighted by atomic mass is 19.1. The zero-order chi connectivity index (χ0) is 62.9. The van der Waals surface area contributed by atoms with Crippen LogP contribution in [0.5, 0.6) is 17.2 Å². The zero-order valence-electron chi connectivity index (χ0n) is 51.2. The standard InChI is InChI=1S/C63H85FN6O15/c1-14-30-66(9)57(75)46-25-21-32-69(46)58(76)48(37-84-62(4,5)6)68(11)59(77)54(42-22-17-16-18-23-42)65-56(74)40(3)67(10)52(71)38-82-45-35-43(34-44(64)36-45)49(28-26-41-27-29-50(80-12)51(33-41)81-13)85-61(79)47-24-19-20-31-70(47)60(78)55(73)63(7,8)39-83-53(72)15-2/h15-18,22-23,27,29,33-36,40,46-49,54H,2,14,19-21,24-26,28,30-32,37-39H2,1,3-13H3,(H,65,74)/t40-,46-,47-,48-,49+,54?/m0/s1. The van der Waals surface area contributed by atoms with Crippen molar-refractivity contribution in [1.29, 1.82) is 0 Å². The fourth-order valence-corrected chi connectivity index (χ4v) is 9.96. The summed E-state index contributed by atoms with van der Waals surface area (Å²) in [4.78, 5) is 131. The van der Waals surface area contributed by atoms with Gasteiger partial charge in [0.1, 0.15) is 54.5 Å². The number of piperidine rings is 1. The average Bonchev–Trinajstić information content (AvgIpc) is 4.26. The highest BCUT2D eigenvalue weighted by molar-refractivity contribution is 6.38. The van der Waals surface area contributed by atoms with E-state index in [2.05, 4.69) is 11.9 Å². The maximum absolute atomic E-state index is 15.8. The van der Waals surface area contributed by atoms with Crippen molar-refractivity contribution in [3.63, 3.8) is 0 Å². The third-order valence-corrected chi connectivity index (χ3v) is 15.2. The van der Waals surface area contributed by atoms with Crippen molar-refractivity contribution in [3.8, 4) is 17.2 Å². The molecule has 5 rings (SSSR count). The number of nitrogens with one attached hydrogen (secondary N) is 1. The first kappa shape index (κ1) is 67.9. The molecule has 2 heterocycles. The lowest BCUT2D eigenvalue weighted by molar-refractivity contribution is -0.165. The van der Waals surface area contributed by atoms with Gasteiger partial charge in [-0.3, -0.25) is 33.6 Å². The molecule has 2 aliphatic rings. The van der Waals surface area contributed by atoms with E-state index in [1.165, 1.54) is 65.0 Å². The van der Waals surface area contributed by atoms with E-state index in [4.69, 9.17) is 28.4 Å². The highest BCUT2D eigenvalue weighted by Gasteiger charge is 2.44. The molecule has 0 radical (unpaired) electrons. The van der Waals surface area contributed by atoms with Gasteiger partial charge in [0.15, 0.2) is 18.1 Å². The fraction of sp³-hybridized carbons (Fsp3) is 0.540. The Labute approximate surface area is 498 Å². The summed E-state index contributed by atoms with van der Waals surface area (Å²) in [7, 11) is 7.48. The van der Waals surface area contributed by atoms with Crippen LogP contribution in [-0.4, -0.2) is 182 Å². The normalized spacial score (nSPS) is 16.6. The third-order valence-electron chi connectivity index (χ3n) is 15.2. The van der Waals surface area contributed by atoms with Gasteiger partial charge in [-0.2, -0.15) is 0 Å². The summed E-state index contributed by atoms with van der Waals surface area (Å²) in [6, 6.07) is 11.5. The number of aryl methyl sites for hydroxylation is 1. The number of carbonyl (C=O) groups excluding carboxylic acids is 9. The van der Waals surface area contributed by atoms with Crippen molar-refractivity contribution in [1.82, 2.24) is 29.8 Å². The van der Waals surface area contributed by atoms with Crippen molar-refractivity contribution < 1.29 is 76.0 Å². The van der Waals surface area contributed by atoms with Crippen LogP contribution in [0.1, 0.15) is 122 Å². The van der Waals surface area contributed by atoms with Crippen LogP contribution in [0.4, 0.5) is 4.39 Å². The molecule has 0 saturated carbocycles. The van der Waals surface area contributed by atoms with Crippen molar-refractivity contribution in [2.45, 2.75) is 142 Å². The largest absolute Gasteiger partial charge is 0.493 e. The van der Waals surface area contributed by atoms with Crippen LogP contribution >= 0.6 is 0 Å². The monoisotopic (exact) mass is 1180 g/mol. The molecule has 6 atom stereocenters. The Morgan fingerprint density at radius 2 is 1.48 bits per heavy atom. The highest BCUT2D eigenvalue weighted by Crippen LogP contribution is 2.34. The third kappa shape index (κ3) is 18.3. The topological polar surface area (TPSA) is 237 Å². The molecule has 0 aliphatic carbocycles. The first-order valence-electron chi connectivity index (χ1n) is 28.7. The average molecular weight is 1190 g/mol. The molecule has 0 bridgehead atoms. The minimum atomic E-state index is -1.45. The van der Waals surface area contributed by atoms with Gasteiger partial charge in [0.05, 0.1) is 31.8 Å². The number of amides is 6. The summed E-state index contributed by atoms with van der Waals surface area (Å²) in [5.74, 6) is -6.28. The molecule has 6 amide bonds. The quantitative estimate of drug-likeness (QED) is 0.0474. The number of likely N-dealkylation sites (N-methyl/N-ethyl adjacent to an activating group) is 3. The molecule has 1 unspecified atom stereocenters. The lowest BCUT2D eigenvalue weighted by Gasteiger charge is -2.37. The van der Waals surface area contributed by atoms with Crippen molar-refractivity contribution >= 4 is 53.2 Å². The van der Waals surface area contributed by atoms with Crippen LogP contribution in [0.3, 0.4) is 0 Å². The van der Waals surface area contributed by atoms with E-state index in [1.807, 2.05) is 27.7 Å². The molecule has 1 N–H and O–H groups in total. The maximum atomic E-state index is 15.8. The minimum absolute atomic E-state index is 0.0607. The Balaban J connectivity index is 1.36. The van der Waals surface area contributed by atoms with Crippen LogP contribution in [0.2, 0.25) is 0 Å². The number of Topliss-reactive ketones (excluding diaryl/α,β-unsaturated/α-hetero) is 1. The van der Waals surface area contributed by atoms with E-state index in [9.17, 15) is 43.2 Å². The second-order valence-corrected chi connectivity index (χ2v) is 23.1. The molecule has 3 aromatic carbocycles. The summed E-state index contributed by atoms with van der Waals surface area (Å²) >= 11 is 0. The van der Waals surface area contributed by atoms with Crippen molar-refractivity contribution in [3.05, 3.63) is 102 Å². The zero-order valence-corrected chi connectivity index (χ0v) is 51.2. The van der Waals surface area contributed by atoms with E-state index < -0.39 is 114 Å². The molecule has 2 fully saturated rings. The molecule has 464 valence electrons. The van der Waals surface area contributed by atoms with E-state index in [0.29, 0.717) is 55.8 Å². The van der Waals surface area contributed by atoms with Gasteiger partial charge in [-0.05, 0) is 134 Å². The van der Waals surface area contributed by atoms with Gasteiger partial charge >= 0.3 is 11.9 Å². The van der Waals surface area contributed by atoms with Crippen molar-refractivity contribution in [2.24, 2.45) is 5.41 Å². The van der Waals surface area contributed by atoms with Crippen molar-refractivity contribution in [2.75, 3.05) is 74.8 Å². The lowest BCUT2D eigenvalue weighted by atomic mass is 9.87. The van der Waals surface area contributed by atoms with Gasteiger partial charge in [-0.1, -0.05) is 49.9 Å². The Morgan fingerprint density at radius 1 is 0.812 bits per heavy atom. The maximum Gasteiger partial charge on any atom is 0.330 e. The summed E-state index contributed by atoms with van der Waals surface area (Å²) in [5, 5.41) is 2.80. The number of likely N-dealkylation sites (tertiary alicyclic amines) is 2. The van der Waals surface area contributed by atoms with E-state index in [0.717, 1.165) is 40.0 Å². The number of carbonyl (C=O) groups is 9. The predicted octanol–water partition coefficient (Wildman–Crippen LogP) is 6.35. The van der Waals surface area contributed by atoms with Crippen LogP contribution in [0.15, 0.2) is 79.4 Å². The van der Waals surface area contributed by atoms with E-state index in [1.54, 1.807) is 60.5 Å². The summed E-state index contributed by atoms with van der Waals surface area (Å²) in [6.07, 6.45) is 3.04. The molecular formula is C63H85FN6O15. The molecule has 0 aromatic heterocycles. The van der Waals surface area contributed by atoms with Gasteiger partial charge in [-0.25, -0.2) is 14.0 Å². The molecule has 0 spiro atoms. The van der Waals surface area contributed by atoms with Crippen LogP contribution in [-0.2, 0) is 63.8 Å². The smallest absolute Gasteiger partial charge is 0.330 e. The molecule has 22 heteroatoms. The van der Waals surface area contributed by atoms with Gasteiger partial charge in [0.2, 0.25) is 29.4 Å². The van der Waals surface area contributed by atoms with Crippen LogP contribution in [0.25, 0.3) is 0 Å². The van der Waals surface area contributed by atoms with Crippen LogP contribution < -0.4 is 19.5 Å². The SMILES string of the molecule is C=CC(=O)OCC(C)(C)C(=O)C(=O)N1CCCC[C@H]1C(=O)O[C@H](CCc1ccc(OC)c(OC)c1)c1cc(F)cc(OCC(=O)N(C)[C@@H](C)C(=O)NC(C(=O)N(C)[C@@H](COC(C)(C)C)C(=O)N2CCC[C@H]2C(=O)N(C)CCC)c2ccccc2)c1. The molecule has 2 aliphatic heterocycles. The first-order chi connectivity index (χ1) is 40.2. The molecule has 3 aromatic rings. The van der Waals surface area contributed by atoms with E-state index >= 15 is 4.39 Å². The number of methoxy groups -OCH3 is 2. The van der Waals surface area contributed by atoms with Gasteiger partial charge < -0.3 is 58.2 Å². The molecule has 21 nitrogen and oxygen atoms in total. The van der Waals surface area contributed by atoms with Gasteiger partial charge in [-0.15, -0.1) is 0 Å². The minimum Gasteiger partial charge on any atom is -0.493 e. The molecule has 85 heavy (non-hydrogen) atoms. The lowest BCUT2D eigenvalue weighted by Crippen LogP contribution is -2.58. The molecule has 2 saturated heterocycles. The number of hydrogen-bond acceptors (Lipinski definition) is 15. The number of halogens is 1. The Morgan fingerprint density at radius 3 is 2.13 bits per heavy atom. The Bertz CT molecular complexity index is 2880. The number of rotatable bonds is 28. The second kappa shape index (κ2) is 30.8. The van der Waals surface area contributed by atoms with Gasteiger partial charge in [0.25, 0.3) is 11.8 Å². The number of ether oxygens (including phenoxy) is 6. The number of esters is 2. The number of nitrogens with zero attached hydrogens (tertiary/aromatic N) is 5. The summed E-state index contributed by atoms with van der Waals surface area (Å²) in [5.41, 5.74) is -0.903.